The molecule has 0 aromatic rings. The van der Waals surface area contributed by atoms with Gasteiger partial charge in [-0.2, -0.15) is 12.6 Å². The highest BCUT2D eigenvalue weighted by Crippen LogP contribution is 2.16. The van der Waals surface area contributed by atoms with Gasteiger partial charge in [0.15, 0.2) is 0 Å². The summed E-state index contributed by atoms with van der Waals surface area (Å²) in [6.45, 7) is 10.6. The summed E-state index contributed by atoms with van der Waals surface area (Å²) in [7, 11) is 2.24. The van der Waals surface area contributed by atoms with Crippen LogP contribution in [0.25, 0.3) is 0 Å². The smallest absolute Gasteiger partial charge is 0.0195 e. The zero-order valence-electron chi connectivity index (χ0n) is 10.6. The van der Waals surface area contributed by atoms with Crippen LogP contribution in [0.2, 0.25) is 0 Å². The summed E-state index contributed by atoms with van der Waals surface area (Å²) in [4.78, 5) is 5.10. The maximum atomic E-state index is 4.42. The quantitative estimate of drug-likeness (QED) is 0.738. The molecular formula is C12H26N2S. The molecule has 1 heterocycles. The molecule has 0 saturated carbocycles. The molecule has 3 heteroatoms. The first-order chi connectivity index (χ1) is 7.08. The highest BCUT2D eigenvalue weighted by Gasteiger charge is 2.27. The van der Waals surface area contributed by atoms with E-state index in [1.165, 1.54) is 26.1 Å². The van der Waals surface area contributed by atoms with E-state index in [0.717, 1.165) is 11.7 Å². The molecule has 1 fully saturated rings. The van der Waals surface area contributed by atoms with Gasteiger partial charge in [0.25, 0.3) is 0 Å². The molecule has 3 unspecified atom stereocenters. The summed E-state index contributed by atoms with van der Waals surface area (Å²) < 4.78 is 0. The number of rotatable bonds is 4. The van der Waals surface area contributed by atoms with Gasteiger partial charge in [-0.25, -0.2) is 0 Å². The van der Waals surface area contributed by atoms with E-state index in [1.807, 2.05) is 0 Å². The van der Waals surface area contributed by atoms with Gasteiger partial charge in [-0.1, -0.05) is 13.3 Å². The van der Waals surface area contributed by atoms with Crippen molar-refractivity contribution in [1.82, 2.24) is 9.80 Å². The standard InChI is InChI=1S/C12H26N2S/c1-5-12(9-15)8-14-6-10(2)13(4)11(3)7-14/h10-12,15H,5-9H2,1-4H3. The lowest BCUT2D eigenvalue weighted by Gasteiger charge is -2.43. The second-order valence-electron chi connectivity index (χ2n) is 5.04. The Bertz CT molecular complexity index is 170. The van der Waals surface area contributed by atoms with Gasteiger partial charge >= 0.3 is 0 Å². The molecule has 0 aromatic carbocycles. The first-order valence-corrected chi connectivity index (χ1v) is 6.76. The minimum Gasteiger partial charge on any atom is -0.300 e. The zero-order valence-corrected chi connectivity index (χ0v) is 11.5. The molecule has 1 rings (SSSR count). The fourth-order valence-electron chi connectivity index (χ4n) is 2.34. The van der Waals surface area contributed by atoms with E-state index in [-0.39, 0.29) is 0 Å². The molecule has 3 atom stereocenters. The van der Waals surface area contributed by atoms with Gasteiger partial charge in [0.2, 0.25) is 0 Å². The average molecular weight is 230 g/mol. The minimum atomic E-state index is 0.686. The molecule has 0 aliphatic carbocycles. The molecular weight excluding hydrogens is 204 g/mol. The molecule has 0 bridgehead atoms. The molecule has 90 valence electrons. The number of likely N-dealkylation sites (N-methyl/N-ethyl adjacent to an activating group) is 1. The van der Waals surface area contributed by atoms with Gasteiger partial charge < -0.3 is 0 Å². The van der Waals surface area contributed by atoms with Crippen molar-refractivity contribution in [1.29, 1.82) is 0 Å². The molecule has 1 saturated heterocycles. The Balaban J connectivity index is 2.43. The van der Waals surface area contributed by atoms with Crippen LogP contribution < -0.4 is 0 Å². The molecule has 15 heavy (non-hydrogen) atoms. The highest BCUT2D eigenvalue weighted by molar-refractivity contribution is 7.80. The van der Waals surface area contributed by atoms with Crippen molar-refractivity contribution in [2.75, 3.05) is 32.4 Å². The molecule has 0 aromatic heterocycles. The molecule has 0 N–H and O–H groups in total. The van der Waals surface area contributed by atoms with Crippen LogP contribution in [0.3, 0.4) is 0 Å². The fourth-order valence-corrected chi connectivity index (χ4v) is 2.72. The lowest BCUT2D eigenvalue weighted by molar-refractivity contribution is 0.0522. The fraction of sp³-hybridized carbons (Fsp3) is 1.00. The molecule has 1 aliphatic heterocycles. The van der Waals surface area contributed by atoms with Gasteiger partial charge in [-0.3, -0.25) is 9.80 Å². The SMILES string of the molecule is CCC(CS)CN1CC(C)N(C)C(C)C1. The number of nitrogens with zero attached hydrogens (tertiary/aromatic N) is 2. The van der Waals surface area contributed by atoms with E-state index in [2.05, 4.69) is 50.2 Å². The van der Waals surface area contributed by atoms with Crippen molar-refractivity contribution in [3.63, 3.8) is 0 Å². The first-order valence-electron chi connectivity index (χ1n) is 6.13. The Morgan fingerprint density at radius 3 is 2.20 bits per heavy atom. The number of hydrogen-bond acceptors (Lipinski definition) is 3. The summed E-state index contributed by atoms with van der Waals surface area (Å²) in [5, 5.41) is 0. The predicted octanol–water partition coefficient (Wildman–Crippen LogP) is 1.97. The summed E-state index contributed by atoms with van der Waals surface area (Å²) in [6.07, 6.45) is 1.25. The number of piperazine rings is 1. The molecule has 1 aliphatic rings. The average Bonchev–Trinajstić information content (AvgIpc) is 2.22. The summed E-state index contributed by atoms with van der Waals surface area (Å²) >= 11 is 4.42. The van der Waals surface area contributed by atoms with Crippen molar-refractivity contribution in [3.05, 3.63) is 0 Å². The van der Waals surface area contributed by atoms with Crippen LogP contribution in [-0.4, -0.2) is 54.3 Å². The van der Waals surface area contributed by atoms with Gasteiger partial charge in [-0.15, -0.1) is 0 Å². The lowest BCUT2D eigenvalue weighted by Crippen LogP contribution is -2.55. The van der Waals surface area contributed by atoms with E-state index < -0.39 is 0 Å². The van der Waals surface area contributed by atoms with Gasteiger partial charge in [-0.05, 0) is 32.6 Å². The largest absolute Gasteiger partial charge is 0.300 e. The van der Waals surface area contributed by atoms with E-state index in [4.69, 9.17) is 0 Å². The Labute approximate surface area is 100 Å². The van der Waals surface area contributed by atoms with Crippen molar-refractivity contribution in [2.24, 2.45) is 5.92 Å². The monoisotopic (exact) mass is 230 g/mol. The van der Waals surface area contributed by atoms with Crippen LogP contribution in [0.15, 0.2) is 0 Å². The minimum absolute atomic E-state index is 0.686. The summed E-state index contributed by atoms with van der Waals surface area (Å²) in [5.74, 6) is 1.78. The molecule has 0 radical (unpaired) electrons. The van der Waals surface area contributed by atoms with Crippen molar-refractivity contribution < 1.29 is 0 Å². The van der Waals surface area contributed by atoms with Crippen LogP contribution in [0.5, 0.6) is 0 Å². The third-order valence-electron chi connectivity index (χ3n) is 3.79. The van der Waals surface area contributed by atoms with Gasteiger partial charge in [0.05, 0.1) is 0 Å². The normalized spacial score (nSPS) is 31.8. The van der Waals surface area contributed by atoms with Crippen molar-refractivity contribution >= 4 is 12.6 Å². The lowest BCUT2D eigenvalue weighted by atomic mass is 10.0. The Morgan fingerprint density at radius 1 is 1.27 bits per heavy atom. The van der Waals surface area contributed by atoms with E-state index in [9.17, 15) is 0 Å². The van der Waals surface area contributed by atoms with Crippen LogP contribution in [0.1, 0.15) is 27.2 Å². The topological polar surface area (TPSA) is 6.48 Å². The second kappa shape index (κ2) is 6.12. The van der Waals surface area contributed by atoms with Crippen LogP contribution in [-0.2, 0) is 0 Å². The van der Waals surface area contributed by atoms with Crippen molar-refractivity contribution in [3.8, 4) is 0 Å². The Hall–Kier alpha value is 0.270. The summed E-state index contributed by atoms with van der Waals surface area (Å²) in [5.41, 5.74) is 0. The van der Waals surface area contributed by atoms with Crippen molar-refractivity contribution in [2.45, 2.75) is 39.3 Å². The Kier molecular flexibility index (Phi) is 5.44. The summed E-state index contributed by atoms with van der Waals surface area (Å²) in [6, 6.07) is 1.37. The maximum Gasteiger partial charge on any atom is 0.0195 e. The second-order valence-corrected chi connectivity index (χ2v) is 5.40. The van der Waals surface area contributed by atoms with Crippen LogP contribution in [0, 0.1) is 5.92 Å². The molecule has 2 nitrogen and oxygen atoms in total. The van der Waals surface area contributed by atoms with E-state index in [1.54, 1.807) is 0 Å². The third kappa shape index (κ3) is 3.65. The van der Waals surface area contributed by atoms with E-state index in [0.29, 0.717) is 12.1 Å². The Morgan fingerprint density at radius 2 is 1.80 bits per heavy atom. The number of thiol groups is 1. The number of hydrogen-bond donors (Lipinski definition) is 1. The van der Waals surface area contributed by atoms with Gasteiger partial charge in [0.1, 0.15) is 0 Å². The zero-order chi connectivity index (χ0) is 11.4. The maximum absolute atomic E-state index is 4.42. The first kappa shape index (κ1) is 13.3. The molecule has 0 spiro atoms. The highest BCUT2D eigenvalue weighted by atomic mass is 32.1. The van der Waals surface area contributed by atoms with Gasteiger partial charge in [0, 0.05) is 31.7 Å². The van der Waals surface area contributed by atoms with E-state index >= 15 is 0 Å². The van der Waals surface area contributed by atoms with Crippen LogP contribution in [0.4, 0.5) is 0 Å². The third-order valence-corrected chi connectivity index (χ3v) is 4.30. The molecule has 0 amide bonds. The van der Waals surface area contributed by atoms with Crippen LogP contribution >= 0.6 is 12.6 Å². The predicted molar refractivity (Wildman–Crippen MR) is 70.8 cm³/mol.